The van der Waals surface area contributed by atoms with Crippen LogP contribution in [0.2, 0.25) is 0 Å². The summed E-state index contributed by atoms with van der Waals surface area (Å²) in [6, 6.07) is 8.22. The van der Waals surface area contributed by atoms with Crippen molar-refractivity contribution in [2.45, 2.75) is 77.3 Å². The fraction of sp³-hybridized carbons (Fsp3) is 0.652. The molecule has 0 aromatic heterocycles. The summed E-state index contributed by atoms with van der Waals surface area (Å²) >= 11 is 0. The summed E-state index contributed by atoms with van der Waals surface area (Å²) in [6.45, 7) is 3.73. The number of carbonyl (C=O) groups is 2. The maximum absolute atomic E-state index is 12.7. The molecule has 1 aromatic carbocycles. The Bertz CT molecular complexity index is 647. The van der Waals surface area contributed by atoms with Gasteiger partial charge >= 0.3 is 0 Å². The van der Waals surface area contributed by atoms with E-state index in [0.29, 0.717) is 12.3 Å². The molecule has 0 unspecified atom stereocenters. The van der Waals surface area contributed by atoms with Crippen molar-refractivity contribution in [3.63, 3.8) is 0 Å². The molecule has 3 N–H and O–H groups in total. The maximum atomic E-state index is 12.7. The molecule has 0 aliphatic heterocycles. The Balaban J connectivity index is 1.43. The van der Waals surface area contributed by atoms with Crippen LogP contribution in [0, 0.1) is 11.8 Å². The molecule has 2 aliphatic carbocycles. The topological polar surface area (TPSA) is 70.2 Å². The summed E-state index contributed by atoms with van der Waals surface area (Å²) < 4.78 is 0. The third kappa shape index (κ3) is 6.06. The number of nitrogens with one attached hydrogen (secondary N) is 3. The highest BCUT2D eigenvalue weighted by molar-refractivity contribution is 5.93. The van der Waals surface area contributed by atoms with Gasteiger partial charge in [0.05, 0.1) is 0 Å². The van der Waals surface area contributed by atoms with Crippen LogP contribution in [0.5, 0.6) is 0 Å². The fourth-order valence-electron chi connectivity index (χ4n) is 4.55. The van der Waals surface area contributed by atoms with Gasteiger partial charge in [0.25, 0.3) is 0 Å². The highest BCUT2D eigenvalue weighted by Gasteiger charge is 2.28. The fourth-order valence-corrected chi connectivity index (χ4v) is 4.55. The van der Waals surface area contributed by atoms with Crippen molar-refractivity contribution in [2.24, 2.45) is 11.8 Å². The van der Waals surface area contributed by atoms with E-state index in [2.05, 4.69) is 28.9 Å². The van der Waals surface area contributed by atoms with Crippen LogP contribution in [0.1, 0.15) is 70.3 Å². The predicted octanol–water partition coefficient (Wildman–Crippen LogP) is 3.99. The molecule has 5 heteroatoms. The zero-order valence-electron chi connectivity index (χ0n) is 17.1. The van der Waals surface area contributed by atoms with Crippen LogP contribution >= 0.6 is 0 Å². The van der Waals surface area contributed by atoms with E-state index in [4.69, 9.17) is 0 Å². The highest BCUT2D eigenvalue weighted by Crippen LogP contribution is 2.29. The molecule has 2 saturated carbocycles. The highest BCUT2D eigenvalue weighted by atomic mass is 16.2. The normalized spacial score (nSPS) is 22.8. The van der Waals surface area contributed by atoms with Crippen LogP contribution in [-0.4, -0.2) is 24.4 Å². The van der Waals surface area contributed by atoms with E-state index >= 15 is 0 Å². The van der Waals surface area contributed by atoms with Crippen LogP contribution < -0.4 is 16.0 Å². The van der Waals surface area contributed by atoms with E-state index in [0.717, 1.165) is 50.0 Å². The predicted molar refractivity (Wildman–Crippen MR) is 113 cm³/mol. The van der Waals surface area contributed by atoms with Gasteiger partial charge in [-0.1, -0.05) is 38.0 Å². The van der Waals surface area contributed by atoms with E-state index in [9.17, 15) is 9.59 Å². The largest absolute Gasteiger partial charge is 0.353 e. The lowest BCUT2D eigenvalue weighted by atomic mass is 9.85. The van der Waals surface area contributed by atoms with Crippen molar-refractivity contribution in [3.8, 4) is 0 Å². The van der Waals surface area contributed by atoms with Crippen molar-refractivity contribution in [1.82, 2.24) is 10.6 Å². The van der Waals surface area contributed by atoms with Gasteiger partial charge in [-0.15, -0.1) is 0 Å². The zero-order chi connectivity index (χ0) is 19.8. The van der Waals surface area contributed by atoms with Crippen LogP contribution in [0.3, 0.4) is 0 Å². The Morgan fingerprint density at radius 1 is 1.00 bits per heavy atom. The van der Waals surface area contributed by atoms with Crippen molar-refractivity contribution >= 4 is 17.5 Å². The molecular weight excluding hydrogens is 350 g/mol. The molecule has 3 rings (SSSR count). The van der Waals surface area contributed by atoms with Crippen LogP contribution in [0.4, 0.5) is 5.69 Å². The lowest BCUT2D eigenvalue weighted by Gasteiger charge is -2.29. The summed E-state index contributed by atoms with van der Waals surface area (Å²) in [5.41, 5.74) is 2.02. The lowest BCUT2D eigenvalue weighted by molar-refractivity contribution is -0.123. The number of amides is 2. The van der Waals surface area contributed by atoms with Crippen molar-refractivity contribution in [3.05, 3.63) is 29.8 Å². The van der Waals surface area contributed by atoms with E-state index < -0.39 is 0 Å². The number of hydrogen-bond donors (Lipinski definition) is 3. The quantitative estimate of drug-likeness (QED) is 0.634. The molecule has 2 fully saturated rings. The van der Waals surface area contributed by atoms with Gasteiger partial charge in [-0.25, -0.2) is 0 Å². The van der Waals surface area contributed by atoms with E-state index in [-0.39, 0.29) is 23.8 Å². The maximum Gasteiger partial charge on any atom is 0.227 e. The molecular formula is C23H35N3O2. The third-order valence-corrected chi connectivity index (χ3v) is 6.25. The van der Waals surface area contributed by atoms with Gasteiger partial charge in [-0.3, -0.25) is 9.59 Å². The number of anilines is 1. The molecule has 0 radical (unpaired) electrons. The molecule has 0 atom stereocenters. The van der Waals surface area contributed by atoms with Crippen molar-refractivity contribution < 1.29 is 9.59 Å². The molecule has 2 amide bonds. The second-order valence-electron chi connectivity index (χ2n) is 8.40. The van der Waals surface area contributed by atoms with Gasteiger partial charge in [-0.05, 0) is 62.6 Å². The summed E-state index contributed by atoms with van der Waals surface area (Å²) in [7, 11) is 0. The summed E-state index contributed by atoms with van der Waals surface area (Å²) in [4.78, 5) is 25.0. The molecule has 0 saturated heterocycles. The van der Waals surface area contributed by atoms with Gasteiger partial charge in [0, 0.05) is 30.6 Å². The van der Waals surface area contributed by atoms with Gasteiger partial charge in [0.15, 0.2) is 0 Å². The Kier molecular flexibility index (Phi) is 7.90. The SMILES string of the molecule is CCNCc1ccccc1NC(=O)C1CCC(NC(=O)CC2CCCC2)CC1. The van der Waals surface area contributed by atoms with Gasteiger partial charge in [0.1, 0.15) is 0 Å². The van der Waals surface area contributed by atoms with Crippen molar-refractivity contribution in [2.75, 3.05) is 11.9 Å². The van der Waals surface area contributed by atoms with Crippen molar-refractivity contribution in [1.29, 1.82) is 0 Å². The minimum absolute atomic E-state index is 0.0372. The Morgan fingerprint density at radius 3 is 2.43 bits per heavy atom. The first kappa shape index (κ1) is 20.8. The average molecular weight is 386 g/mol. The zero-order valence-corrected chi connectivity index (χ0v) is 17.1. The number of hydrogen-bond acceptors (Lipinski definition) is 3. The monoisotopic (exact) mass is 385 g/mol. The molecule has 0 heterocycles. The first-order valence-electron chi connectivity index (χ1n) is 11.0. The van der Waals surface area contributed by atoms with Gasteiger partial charge in [-0.2, -0.15) is 0 Å². The minimum Gasteiger partial charge on any atom is -0.353 e. The minimum atomic E-state index is 0.0372. The van der Waals surface area contributed by atoms with Crippen LogP contribution in [0.15, 0.2) is 24.3 Å². The Labute approximate surface area is 169 Å². The van der Waals surface area contributed by atoms with E-state index in [1.807, 2.05) is 18.2 Å². The molecule has 154 valence electrons. The van der Waals surface area contributed by atoms with E-state index in [1.54, 1.807) is 0 Å². The average Bonchev–Trinajstić information content (AvgIpc) is 3.20. The molecule has 5 nitrogen and oxygen atoms in total. The molecule has 28 heavy (non-hydrogen) atoms. The molecule has 0 spiro atoms. The first-order valence-corrected chi connectivity index (χ1v) is 11.0. The summed E-state index contributed by atoms with van der Waals surface area (Å²) in [5.74, 6) is 0.941. The van der Waals surface area contributed by atoms with Crippen LogP contribution in [-0.2, 0) is 16.1 Å². The number of benzene rings is 1. The first-order chi connectivity index (χ1) is 13.7. The molecule has 2 aliphatic rings. The Hall–Kier alpha value is -1.88. The third-order valence-electron chi connectivity index (χ3n) is 6.25. The smallest absolute Gasteiger partial charge is 0.227 e. The summed E-state index contributed by atoms with van der Waals surface area (Å²) in [6.07, 6.45) is 9.12. The number of rotatable bonds is 8. The lowest BCUT2D eigenvalue weighted by Crippen LogP contribution is -2.40. The standard InChI is InChI=1S/C23H35N3O2/c1-2-24-16-19-9-5-6-10-21(19)26-23(28)18-11-13-20(14-12-18)25-22(27)15-17-7-3-4-8-17/h5-6,9-10,17-18,20,24H,2-4,7-8,11-16H2,1H3,(H,25,27)(H,26,28). The van der Waals surface area contributed by atoms with E-state index in [1.165, 1.54) is 25.7 Å². The van der Waals surface area contributed by atoms with Gasteiger partial charge in [0.2, 0.25) is 11.8 Å². The summed E-state index contributed by atoms with van der Waals surface area (Å²) in [5, 5.41) is 9.65. The van der Waals surface area contributed by atoms with Gasteiger partial charge < -0.3 is 16.0 Å². The number of para-hydroxylation sites is 1. The number of carbonyl (C=O) groups excluding carboxylic acids is 2. The Morgan fingerprint density at radius 2 is 1.71 bits per heavy atom. The molecule has 0 bridgehead atoms. The van der Waals surface area contributed by atoms with Crippen LogP contribution in [0.25, 0.3) is 0 Å². The second kappa shape index (κ2) is 10.6. The molecule has 1 aromatic rings. The second-order valence-corrected chi connectivity index (χ2v) is 8.40.